The van der Waals surface area contributed by atoms with E-state index < -0.39 is 10.0 Å². The summed E-state index contributed by atoms with van der Waals surface area (Å²) in [6.45, 7) is 1.78. The van der Waals surface area contributed by atoms with Crippen LogP contribution in [0.3, 0.4) is 0 Å². The summed E-state index contributed by atoms with van der Waals surface area (Å²) >= 11 is 0. The van der Waals surface area contributed by atoms with Crippen molar-refractivity contribution in [3.05, 3.63) is 90.0 Å². The van der Waals surface area contributed by atoms with Gasteiger partial charge in [0.05, 0.1) is 10.6 Å². The molecule has 0 radical (unpaired) electrons. The standard InChI is InChI=1S/C21H20N2O3S/c1-16-15-17(21(24)22-18-9-5-3-6-10-18)13-14-20(16)23(2)27(25,26)19-11-7-4-8-12-19/h3-15H,1-2H3,(H,22,24). The normalized spacial score (nSPS) is 11.0. The lowest BCUT2D eigenvalue weighted by Crippen LogP contribution is -2.27. The number of anilines is 2. The van der Waals surface area contributed by atoms with Gasteiger partial charge in [0.2, 0.25) is 0 Å². The molecule has 27 heavy (non-hydrogen) atoms. The SMILES string of the molecule is Cc1cc(C(=O)Nc2ccccc2)ccc1N(C)S(=O)(=O)c1ccccc1. The number of para-hydroxylation sites is 1. The van der Waals surface area contributed by atoms with Gasteiger partial charge in [-0.25, -0.2) is 8.42 Å². The minimum Gasteiger partial charge on any atom is -0.322 e. The van der Waals surface area contributed by atoms with Crippen LogP contribution < -0.4 is 9.62 Å². The first kappa shape index (κ1) is 18.7. The zero-order valence-corrected chi connectivity index (χ0v) is 15.9. The summed E-state index contributed by atoms with van der Waals surface area (Å²) in [5.41, 5.74) is 2.38. The number of hydrogen-bond acceptors (Lipinski definition) is 3. The molecule has 3 aromatic rings. The molecule has 1 N–H and O–H groups in total. The van der Waals surface area contributed by atoms with Crippen molar-refractivity contribution in [1.82, 2.24) is 0 Å². The predicted molar refractivity (Wildman–Crippen MR) is 108 cm³/mol. The van der Waals surface area contributed by atoms with Gasteiger partial charge >= 0.3 is 0 Å². The van der Waals surface area contributed by atoms with Crippen LogP contribution in [0.15, 0.2) is 83.8 Å². The van der Waals surface area contributed by atoms with Crippen molar-refractivity contribution in [3.63, 3.8) is 0 Å². The molecular weight excluding hydrogens is 360 g/mol. The van der Waals surface area contributed by atoms with Gasteiger partial charge in [-0.1, -0.05) is 36.4 Å². The second-order valence-corrected chi connectivity index (χ2v) is 8.08. The maximum Gasteiger partial charge on any atom is 0.264 e. The topological polar surface area (TPSA) is 66.5 Å². The molecule has 0 bridgehead atoms. The number of nitrogens with zero attached hydrogens (tertiary/aromatic N) is 1. The molecule has 1 amide bonds. The molecule has 0 unspecified atom stereocenters. The predicted octanol–water partition coefficient (Wildman–Crippen LogP) is 4.07. The van der Waals surface area contributed by atoms with E-state index >= 15 is 0 Å². The molecule has 3 aromatic carbocycles. The molecule has 0 aromatic heterocycles. The highest BCUT2D eigenvalue weighted by Crippen LogP contribution is 2.26. The summed E-state index contributed by atoms with van der Waals surface area (Å²) in [7, 11) is -2.16. The first-order chi connectivity index (χ1) is 12.9. The number of amides is 1. The Labute approximate surface area is 159 Å². The van der Waals surface area contributed by atoms with E-state index in [1.807, 2.05) is 18.2 Å². The van der Waals surface area contributed by atoms with E-state index in [-0.39, 0.29) is 10.8 Å². The van der Waals surface area contributed by atoms with Crippen molar-refractivity contribution in [2.24, 2.45) is 0 Å². The summed E-state index contributed by atoms with van der Waals surface area (Å²) in [6.07, 6.45) is 0. The fourth-order valence-electron chi connectivity index (χ4n) is 2.75. The van der Waals surface area contributed by atoms with Gasteiger partial charge in [0, 0.05) is 18.3 Å². The van der Waals surface area contributed by atoms with Crippen molar-refractivity contribution < 1.29 is 13.2 Å². The molecule has 0 aliphatic carbocycles. The zero-order chi connectivity index (χ0) is 19.4. The monoisotopic (exact) mass is 380 g/mol. The van der Waals surface area contributed by atoms with Crippen molar-refractivity contribution in [1.29, 1.82) is 0 Å². The van der Waals surface area contributed by atoms with E-state index in [4.69, 9.17) is 0 Å². The molecule has 0 spiro atoms. The molecule has 3 rings (SSSR count). The van der Waals surface area contributed by atoms with Crippen LogP contribution in [0.1, 0.15) is 15.9 Å². The van der Waals surface area contributed by atoms with Gasteiger partial charge < -0.3 is 5.32 Å². The molecule has 6 heteroatoms. The zero-order valence-electron chi connectivity index (χ0n) is 15.1. The van der Waals surface area contributed by atoms with Crippen molar-refractivity contribution >= 4 is 27.3 Å². The fraction of sp³-hybridized carbons (Fsp3) is 0.0952. The number of nitrogens with one attached hydrogen (secondary N) is 1. The smallest absolute Gasteiger partial charge is 0.264 e. The van der Waals surface area contributed by atoms with E-state index in [2.05, 4.69) is 5.32 Å². The van der Waals surface area contributed by atoms with Crippen LogP contribution in [-0.2, 0) is 10.0 Å². The van der Waals surface area contributed by atoms with E-state index in [0.717, 1.165) is 0 Å². The lowest BCUT2D eigenvalue weighted by atomic mass is 10.1. The number of hydrogen-bond donors (Lipinski definition) is 1. The molecule has 0 atom stereocenters. The van der Waals surface area contributed by atoms with Crippen LogP contribution in [-0.4, -0.2) is 21.4 Å². The van der Waals surface area contributed by atoms with E-state index in [0.29, 0.717) is 22.5 Å². The molecule has 0 saturated heterocycles. The van der Waals surface area contributed by atoms with Gasteiger partial charge in [-0.05, 0) is 55.0 Å². The molecule has 0 aliphatic rings. The van der Waals surface area contributed by atoms with Crippen LogP contribution in [0.25, 0.3) is 0 Å². The third kappa shape index (κ3) is 4.01. The van der Waals surface area contributed by atoms with Gasteiger partial charge in [0.15, 0.2) is 0 Å². The van der Waals surface area contributed by atoms with Crippen LogP contribution in [0.4, 0.5) is 11.4 Å². The lowest BCUT2D eigenvalue weighted by molar-refractivity contribution is 0.102. The Morgan fingerprint density at radius 3 is 2.07 bits per heavy atom. The van der Waals surface area contributed by atoms with Gasteiger partial charge in [-0.15, -0.1) is 0 Å². The van der Waals surface area contributed by atoms with Gasteiger partial charge in [-0.3, -0.25) is 9.10 Å². The molecule has 0 fully saturated rings. The lowest BCUT2D eigenvalue weighted by Gasteiger charge is -2.22. The maximum atomic E-state index is 12.8. The average Bonchev–Trinajstić information content (AvgIpc) is 2.68. The largest absolute Gasteiger partial charge is 0.322 e. The van der Waals surface area contributed by atoms with Crippen LogP contribution >= 0.6 is 0 Å². The third-order valence-corrected chi connectivity index (χ3v) is 6.02. The summed E-state index contributed by atoms with van der Waals surface area (Å²) < 4.78 is 26.8. The average molecular weight is 380 g/mol. The minimum atomic E-state index is -3.66. The second-order valence-electron chi connectivity index (χ2n) is 6.11. The molecule has 5 nitrogen and oxygen atoms in total. The highest BCUT2D eigenvalue weighted by molar-refractivity contribution is 7.92. The highest BCUT2D eigenvalue weighted by Gasteiger charge is 2.22. The summed E-state index contributed by atoms with van der Waals surface area (Å²) in [4.78, 5) is 12.6. The number of aryl methyl sites for hydroxylation is 1. The molecule has 138 valence electrons. The Morgan fingerprint density at radius 2 is 1.48 bits per heavy atom. The Bertz CT molecular complexity index is 1050. The van der Waals surface area contributed by atoms with Gasteiger partial charge in [0.25, 0.3) is 15.9 Å². The molecular formula is C21H20N2O3S. The summed E-state index contributed by atoms with van der Waals surface area (Å²) in [5, 5.41) is 2.82. The Kier molecular flexibility index (Phi) is 5.28. The summed E-state index contributed by atoms with van der Waals surface area (Å²) in [5.74, 6) is -0.246. The maximum absolute atomic E-state index is 12.8. The third-order valence-electron chi connectivity index (χ3n) is 4.23. The van der Waals surface area contributed by atoms with Crippen LogP contribution in [0, 0.1) is 6.92 Å². The number of rotatable bonds is 5. The Morgan fingerprint density at radius 1 is 0.889 bits per heavy atom. The van der Waals surface area contributed by atoms with Crippen molar-refractivity contribution in [2.75, 3.05) is 16.7 Å². The Balaban J connectivity index is 1.85. The quantitative estimate of drug-likeness (QED) is 0.725. The van der Waals surface area contributed by atoms with Gasteiger partial charge in [0.1, 0.15) is 0 Å². The molecule has 0 heterocycles. The fourth-order valence-corrected chi connectivity index (χ4v) is 4.04. The first-order valence-corrected chi connectivity index (χ1v) is 9.84. The Hall–Kier alpha value is -3.12. The van der Waals surface area contributed by atoms with Gasteiger partial charge in [-0.2, -0.15) is 0 Å². The van der Waals surface area contributed by atoms with Crippen molar-refractivity contribution in [3.8, 4) is 0 Å². The summed E-state index contributed by atoms with van der Waals surface area (Å²) in [6, 6.07) is 22.4. The first-order valence-electron chi connectivity index (χ1n) is 8.40. The van der Waals surface area contributed by atoms with E-state index in [1.54, 1.807) is 67.6 Å². The van der Waals surface area contributed by atoms with Crippen LogP contribution in [0.2, 0.25) is 0 Å². The number of benzene rings is 3. The molecule has 0 aliphatic heterocycles. The number of sulfonamides is 1. The highest BCUT2D eigenvalue weighted by atomic mass is 32.2. The minimum absolute atomic E-state index is 0.220. The van der Waals surface area contributed by atoms with Crippen molar-refractivity contribution in [2.45, 2.75) is 11.8 Å². The number of carbonyl (C=O) groups is 1. The van der Waals surface area contributed by atoms with E-state index in [1.165, 1.54) is 11.4 Å². The number of carbonyl (C=O) groups excluding carboxylic acids is 1. The molecule has 0 saturated carbocycles. The second kappa shape index (κ2) is 7.63. The van der Waals surface area contributed by atoms with Crippen LogP contribution in [0.5, 0.6) is 0 Å². The van der Waals surface area contributed by atoms with E-state index in [9.17, 15) is 13.2 Å².